The van der Waals surface area contributed by atoms with Crippen molar-refractivity contribution in [2.45, 2.75) is 26.3 Å². The Labute approximate surface area is 82.9 Å². The maximum Gasteiger partial charge on any atom is 0.146 e. The minimum absolute atomic E-state index is 0.0769. The van der Waals surface area contributed by atoms with Crippen molar-refractivity contribution in [1.29, 1.82) is 0 Å². The minimum Gasteiger partial charge on any atom is -0.321 e. The number of hydrogen-bond acceptors (Lipinski definition) is 2. The Hall–Kier alpha value is -1.22. The molecule has 0 aromatic heterocycles. The number of hydrogen-bond donors (Lipinski definition) is 1. The molecule has 0 fully saturated rings. The van der Waals surface area contributed by atoms with Gasteiger partial charge < -0.3 is 5.73 Å². The highest BCUT2D eigenvalue weighted by Gasteiger charge is 2.09. The fourth-order valence-electron chi connectivity index (χ4n) is 1.33. The van der Waals surface area contributed by atoms with Crippen LogP contribution in [0.3, 0.4) is 0 Å². The Bertz CT molecular complexity index is 329. The van der Waals surface area contributed by atoms with E-state index in [0.29, 0.717) is 6.42 Å². The minimum atomic E-state index is -0.531. The van der Waals surface area contributed by atoms with E-state index in [2.05, 4.69) is 0 Å². The maximum absolute atomic E-state index is 13.0. The van der Waals surface area contributed by atoms with Crippen LogP contribution in [0.1, 0.15) is 18.1 Å². The molecule has 1 atom stereocenters. The zero-order valence-electron chi connectivity index (χ0n) is 8.38. The molecule has 0 spiro atoms. The number of rotatable bonds is 3. The van der Waals surface area contributed by atoms with Gasteiger partial charge in [0.25, 0.3) is 0 Å². The molecule has 0 radical (unpaired) electrons. The second kappa shape index (κ2) is 4.33. The third-order valence-electron chi connectivity index (χ3n) is 2.08. The molecule has 1 aromatic rings. The number of ketones is 1. The van der Waals surface area contributed by atoms with Gasteiger partial charge in [-0.25, -0.2) is 4.39 Å². The standard InChI is InChI=1S/C11H14FNO/c1-7-3-9(5-10(12)4-7)6-11(13)8(2)14/h3-5,11H,6,13H2,1-2H3/t11-/m0/s1. The Morgan fingerprint density at radius 1 is 1.50 bits per heavy atom. The first-order valence-corrected chi connectivity index (χ1v) is 4.51. The Kier molecular flexibility index (Phi) is 3.36. The van der Waals surface area contributed by atoms with E-state index in [1.807, 2.05) is 13.0 Å². The van der Waals surface area contributed by atoms with E-state index in [4.69, 9.17) is 5.73 Å². The summed E-state index contributed by atoms with van der Waals surface area (Å²) in [7, 11) is 0. The first-order valence-electron chi connectivity index (χ1n) is 4.51. The van der Waals surface area contributed by atoms with Crippen LogP contribution < -0.4 is 5.73 Å². The summed E-state index contributed by atoms with van der Waals surface area (Å²) >= 11 is 0. The van der Waals surface area contributed by atoms with Gasteiger partial charge in [0.05, 0.1) is 6.04 Å². The summed E-state index contributed by atoms with van der Waals surface area (Å²) < 4.78 is 13.0. The van der Waals surface area contributed by atoms with Crippen LogP contribution in [0.2, 0.25) is 0 Å². The van der Waals surface area contributed by atoms with E-state index in [9.17, 15) is 9.18 Å². The topological polar surface area (TPSA) is 43.1 Å². The van der Waals surface area contributed by atoms with Crippen molar-refractivity contribution in [1.82, 2.24) is 0 Å². The van der Waals surface area contributed by atoms with Crippen molar-refractivity contribution in [3.63, 3.8) is 0 Å². The fourth-order valence-corrected chi connectivity index (χ4v) is 1.33. The van der Waals surface area contributed by atoms with Gasteiger partial charge in [0.1, 0.15) is 11.6 Å². The molecule has 3 heteroatoms. The van der Waals surface area contributed by atoms with Crippen LogP contribution in [-0.4, -0.2) is 11.8 Å². The van der Waals surface area contributed by atoms with Gasteiger partial charge in [-0.3, -0.25) is 4.79 Å². The fraction of sp³-hybridized carbons (Fsp3) is 0.364. The summed E-state index contributed by atoms with van der Waals surface area (Å²) in [4.78, 5) is 10.9. The lowest BCUT2D eigenvalue weighted by molar-refractivity contribution is -0.118. The highest BCUT2D eigenvalue weighted by atomic mass is 19.1. The molecule has 1 rings (SSSR count). The average Bonchev–Trinajstić information content (AvgIpc) is 2.01. The second-order valence-electron chi connectivity index (χ2n) is 3.56. The lowest BCUT2D eigenvalue weighted by atomic mass is 10.0. The predicted molar refractivity (Wildman–Crippen MR) is 53.5 cm³/mol. The van der Waals surface area contributed by atoms with Crippen LogP contribution in [-0.2, 0) is 11.2 Å². The number of nitrogens with two attached hydrogens (primary N) is 1. The molecule has 2 N–H and O–H groups in total. The normalized spacial score (nSPS) is 12.6. The molecule has 0 aliphatic carbocycles. The summed E-state index contributed by atoms with van der Waals surface area (Å²) in [5.41, 5.74) is 7.19. The zero-order valence-corrected chi connectivity index (χ0v) is 8.38. The molecular weight excluding hydrogens is 181 g/mol. The maximum atomic E-state index is 13.0. The largest absolute Gasteiger partial charge is 0.321 e. The summed E-state index contributed by atoms with van der Waals surface area (Å²) in [6, 6.07) is 4.17. The van der Waals surface area contributed by atoms with Crippen LogP contribution in [0.4, 0.5) is 4.39 Å². The summed E-state index contributed by atoms with van der Waals surface area (Å²) in [5, 5.41) is 0. The summed E-state index contributed by atoms with van der Waals surface area (Å²) in [5.74, 6) is -0.359. The summed E-state index contributed by atoms with van der Waals surface area (Å²) in [6.07, 6.45) is 0.397. The van der Waals surface area contributed by atoms with Gasteiger partial charge in [0, 0.05) is 0 Å². The van der Waals surface area contributed by atoms with E-state index in [0.717, 1.165) is 11.1 Å². The monoisotopic (exact) mass is 195 g/mol. The van der Waals surface area contributed by atoms with Crippen LogP contribution in [0, 0.1) is 12.7 Å². The molecule has 2 nitrogen and oxygen atoms in total. The highest BCUT2D eigenvalue weighted by molar-refractivity contribution is 5.81. The van der Waals surface area contributed by atoms with Crippen molar-refractivity contribution < 1.29 is 9.18 Å². The highest BCUT2D eigenvalue weighted by Crippen LogP contribution is 2.10. The smallest absolute Gasteiger partial charge is 0.146 e. The quantitative estimate of drug-likeness (QED) is 0.796. The molecule has 0 saturated carbocycles. The molecule has 14 heavy (non-hydrogen) atoms. The lowest BCUT2D eigenvalue weighted by Gasteiger charge is -2.08. The van der Waals surface area contributed by atoms with Gasteiger partial charge in [0.15, 0.2) is 0 Å². The number of carbonyl (C=O) groups excluding carboxylic acids is 1. The number of Topliss-reactive ketones (excluding diaryl/α,β-unsaturated/α-hetero) is 1. The molecule has 0 aliphatic rings. The van der Waals surface area contributed by atoms with Crippen molar-refractivity contribution >= 4 is 5.78 Å². The van der Waals surface area contributed by atoms with Gasteiger partial charge in [-0.15, -0.1) is 0 Å². The Morgan fingerprint density at radius 3 is 2.64 bits per heavy atom. The molecule has 76 valence electrons. The van der Waals surface area contributed by atoms with E-state index >= 15 is 0 Å². The first kappa shape index (κ1) is 10.9. The number of halogens is 1. The third-order valence-corrected chi connectivity index (χ3v) is 2.08. The van der Waals surface area contributed by atoms with E-state index in [1.165, 1.54) is 19.1 Å². The van der Waals surface area contributed by atoms with Crippen molar-refractivity contribution in [2.24, 2.45) is 5.73 Å². The molecule has 0 aliphatic heterocycles. The molecule has 0 bridgehead atoms. The van der Waals surface area contributed by atoms with Crippen LogP contribution in [0.5, 0.6) is 0 Å². The van der Waals surface area contributed by atoms with Crippen molar-refractivity contribution in [2.75, 3.05) is 0 Å². The molecule has 0 saturated heterocycles. The predicted octanol–water partition coefficient (Wildman–Crippen LogP) is 1.59. The number of benzene rings is 1. The van der Waals surface area contributed by atoms with Gasteiger partial charge in [0.2, 0.25) is 0 Å². The summed E-state index contributed by atoms with van der Waals surface area (Å²) in [6.45, 7) is 3.25. The lowest BCUT2D eigenvalue weighted by Crippen LogP contribution is -2.30. The second-order valence-corrected chi connectivity index (χ2v) is 3.56. The zero-order chi connectivity index (χ0) is 10.7. The molecule has 1 aromatic carbocycles. The van der Waals surface area contributed by atoms with Crippen LogP contribution in [0.25, 0.3) is 0 Å². The third kappa shape index (κ3) is 2.92. The molecule has 0 heterocycles. The van der Waals surface area contributed by atoms with Gasteiger partial charge in [-0.2, -0.15) is 0 Å². The SMILES string of the molecule is CC(=O)[C@@H](N)Cc1cc(C)cc(F)c1. The van der Waals surface area contributed by atoms with Crippen molar-refractivity contribution in [3.05, 3.63) is 35.1 Å². The average molecular weight is 195 g/mol. The van der Waals surface area contributed by atoms with Gasteiger partial charge >= 0.3 is 0 Å². The first-order chi connectivity index (χ1) is 6.49. The van der Waals surface area contributed by atoms with Crippen LogP contribution >= 0.6 is 0 Å². The van der Waals surface area contributed by atoms with Gasteiger partial charge in [-0.1, -0.05) is 6.07 Å². The molecule has 0 amide bonds. The van der Waals surface area contributed by atoms with E-state index < -0.39 is 6.04 Å². The van der Waals surface area contributed by atoms with Gasteiger partial charge in [-0.05, 0) is 43.5 Å². The van der Waals surface area contributed by atoms with Crippen LogP contribution in [0.15, 0.2) is 18.2 Å². The Morgan fingerprint density at radius 2 is 2.14 bits per heavy atom. The Balaban J connectivity index is 2.81. The van der Waals surface area contributed by atoms with E-state index in [-0.39, 0.29) is 11.6 Å². The number of aryl methyl sites for hydroxylation is 1. The number of carbonyl (C=O) groups is 1. The van der Waals surface area contributed by atoms with E-state index in [1.54, 1.807) is 0 Å². The molecular formula is C11H14FNO. The molecule has 0 unspecified atom stereocenters. The van der Waals surface area contributed by atoms with Crippen molar-refractivity contribution in [3.8, 4) is 0 Å².